The second-order valence-electron chi connectivity index (χ2n) is 7.66. The van der Waals surface area contributed by atoms with E-state index < -0.39 is 0 Å². The van der Waals surface area contributed by atoms with E-state index in [-0.39, 0.29) is 0 Å². The molecule has 1 aliphatic heterocycles. The van der Waals surface area contributed by atoms with Gasteiger partial charge in [-0.05, 0) is 62.6 Å². The van der Waals surface area contributed by atoms with Crippen LogP contribution in [0.15, 0.2) is 41.0 Å². The van der Waals surface area contributed by atoms with E-state index in [1.165, 1.54) is 30.8 Å². The lowest BCUT2D eigenvalue weighted by atomic mass is 9.97. The first kappa shape index (κ1) is 18.8. The Bertz CT molecular complexity index is 775. The Morgan fingerprint density at radius 1 is 0.889 bits per heavy atom. The topological polar surface area (TPSA) is 28.5 Å². The molecule has 4 rings (SSSR count). The number of carbonyl (C=O) groups is 1. The number of aryl methyl sites for hydroxylation is 1. The van der Waals surface area contributed by atoms with Crippen LogP contribution in [0.4, 0.5) is 5.69 Å². The molecule has 0 bridgehead atoms. The number of piperazine rings is 1. The van der Waals surface area contributed by atoms with Gasteiger partial charge in [0, 0.05) is 66.8 Å². The fourth-order valence-corrected chi connectivity index (χ4v) is 4.56. The molecule has 0 radical (unpaired) electrons. The first-order valence-electron chi connectivity index (χ1n) is 10.1. The number of Topliss-reactive ketones (excluding diaryl/α,β-unsaturated/α-hetero) is 1. The van der Waals surface area contributed by atoms with Crippen molar-refractivity contribution in [3.05, 3.63) is 52.3 Å². The predicted molar refractivity (Wildman–Crippen MR) is 114 cm³/mol. The van der Waals surface area contributed by atoms with Gasteiger partial charge in [-0.25, -0.2) is 0 Å². The maximum Gasteiger partial charge on any atom is 0.164 e. The summed E-state index contributed by atoms with van der Waals surface area (Å²) in [6.07, 6.45) is 7.32. The number of carbonyl (C=O) groups excluding carboxylic acids is 1. The number of anilines is 1. The van der Waals surface area contributed by atoms with Crippen LogP contribution in [-0.4, -0.2) is 48.0 Å². The minimum Gasteiger partial charge on any atom is -0.369 e. The third-order valence-electron chi connectivity index (χ3n) is 5.88. The average Bonchev–Trinajstić information content (AvgIpc) is 3.11. The van der Waals surface area contributed by atoms with E-state index in [1.54, 1.807) is 0 Å². The molecule has 1 aromatic heterocycles. The van der Waals surface area contributed by atoms with Gasteiger partial charge in [-0.3, -0.25) is 9.69 Å². The number of hydrogen-bond acceptors (Lipinski definition) is 3. The Hall–Kier alpha value is -1.59. The van der Waals surface area contributed by atoms with Gasteiger partial charge in [0.15, 0.2) is 5.78 Å². The molecule has 0 amide bonds. The third-order valence-corrected chi connectivity index (χ3v) is 6.41. The molecule has 27 heavy (non-hydrogen) atoms. The van der Waals surface area contributed by atoms with Crippen molar-refractivity contribution >= 4 is 27.4 Å². The van der Waals surface area contributed by atoms with Crippen LogP contribution in [-0.2, 0) is 13.0 Å². The highest BCUT2D eigenvalue weighted by atomic mass is 79.9. The second kappa shape index (κ2) is 8.61. The highest BCUT2D eigenvalue weighted by Gasteiger charge is 2.20. The zero-order valence-corrected chi connectivity index (χ0v) is 17.5. The molecule has 0 saturated carbocycles. The van der Waals surface area contributed by atoms with Gasteiger partial charge in [0.2, 0.25) is 0 Å². The van der Waals surface area contributed by atoms with Gasteiger partial charge in [-0.1, -0.05) is 15.9 Å². The molecule has 0 unspecified atom stereocenters. The number of rotatable bonds is 6. The molecule has 0 N–H and O–H groups in total. The van der Waals surface area contributed by atoms with E-state index in [0.29, 0.717) is 5.78 Å². The lowest BCUT2D eigenvalue weighted by Gasteiger charge is -2.36. The van der Waals surface area contributed by atoms with Crippen molar-refractivity contribution in [1.82, 2.24) is 9.47 Å². The molecule has 0 atom stereocenters. The van der Waals surface area contributed by atoms with E-state index in [2.05, 4.69) is 60.8 Å². The molecular formula is C22H28BrN3O. The summed E-state index contributed by atoms with van der Waals surface area (Å²) in [4.78, 5) is 17.0. The van der Waals surface area contributed by atoms with Crippen molar-refractivity contribution in [3.8, 4) is 0 Å². The summed E-state index contributed by atoms with van der Waals surface area (Å²) in [6, 6.07) is 10.7. The van der Waals surface area contributed by atoms with Crippen molar-refractivity contribution in [2.45, 2.75) is 38.6 Å². The summed E-state index contributed by atoms with van der Waals surface area (Å²) >= 11 is 3.51. The van der Waals surface area contributed by atoms with Crippen molar-refractivity contribution in [2.24, 2.45) is 0 Å². The van der Waals surface area contributed by atoms with Gasteiger partial charge in [0.1, 0.15) is 0 Å². The number of hydrogen-bond donors (Lipinski definition) is 0. The molecule has 1 saturated heterocycles. The van der Waals surface area contributed by atoms with Gasteiger partial charge in [0.25, 0.3) is 0 Å². The zero-order valence-electron chi connectivity index (χ0n) is 15.9. The average molecular weight is 430 g/mol. The van der Waals surface area contributed by atoms with E-state index in [0.717, 1.165) is 62.0 Å². The molecule has 2 heterocycles. The van der Waals surface area contributed by atoms with E-state index in [9.17, 15) is 4.79 Å². The van der Waals surface area contributed by atoms with Crippen LogP contribution in [0.3, 0.4) is 0 Å². The zero-order chi connectivity index (χ0) is 18.6. The van der Waals surface area contributed by atoms with Crippen LogP contribution in [0, 0.1) is 0 Å². The molecule has 2 aromatic rings. The molecular weight excluding hydrogens is 402 g/mol. The molecule has 1 aliphatic carbocycles. The fourth-order valence-electron chi connectivity index (χ4n) is 4.30. The SMILES string of the molecule is O=C1CCCc2c1ccn2CCCCN1CCN(c2ccc(Br)cc2)CC1. The van der Waals surface area contributed by atoms with Crippen LogP contribution in [0.5, 0.6) is 0 Å². The monoisotopic (exact) mass is 429 g/mol. The van der Waals surface area contributed by atoms with E-state index in [1.807, 2.05) is 6.07 Å². The fraction of sp³-hybridized carbons (Fsp3) is 0.500. The third kappa shape index (κ3) is 4.46. The van der Waals surface area contributed by atoms with Crippen molar-refractivity contribution in [1.29, 1.82) is 0 Å². The highest BCUT2D eigenvalue weighted by Crippen LogP contribution is 2.23. The number of ketones is 1. The maximum atomic E-state index is 12.0. The van der Waals surface area contributed by atoms with Gasteiger partial charge in [-0.15, -0.1) is 0 Å². The Morgan fingerprint density at radius 3 is 2.41 bits per heavy atom. The summed E-state index contributed by atoms with van der Waals surface area (Å²) in [5.74, 6) is 0.332. The van der Waals surface area contributed by atoms with Crippen molar-refractivity contribution in [3.63, 3.8) is 0 Å². The van der Waals surface area contributed by atoms with Gasteiger partial charge < -0.3 is 9.47 Å². The first-order valence-corrected chi connectivity index (χ1v) is 10.9. The number of fused-ring (bicyclic) bond motifs is 1. The quantitative estimate of drug-likeness (QED) is 0.638. The maximum absolute atomic E-state index is 12.0. The summed E-state index contributed by atoms with van der Waals surface area (Å²) in [7, 11) is 0. The summed E-state index contributed by atoms with van der Waals surface area (Å²) < 4.78 is 3.45. The summed E-state index contributed by atoms with van der Waals surface area (Å²) in [5.41, 5.74) is 3.57. The number of benzene rings is 1. The molecule has 1 fully saturated rings. The molecule has 4 nitrogen and oxygen atoms in total. The van der Waals surface area contributed by atoms with Crippen LogP contribution in [0.25, 0.3) is 0 Å². The molecule has 144 valence electrons. The first-order chi connectivity index (χ1) is 13.2. The summed E-state index contributed by atoms with van der Waals surface area (Å²) in [5, 5.41) is 0. The van der Waals surface area contributed by atoms with Crippen LogP contribution in [0.2, 0.25) is 0 Å². The van der Waals surface area contributed by atoms with Gasteiger partial charge >= 0.3 is 0 Å². The molecule has 0 spiro atoms. The van der Waals surface area contributed by atoms with Crippen molar-refractivity contribution < 1.29 is 4.79 Å². The predicted octanol–water partition coefficient (Wildman–Crippen LogP) is 4.37. The largest absolute Gasteiger partial charge is 0.369 e. The van der Waals surface area contributed by atoms with Crippen LogP contribution in [0.1, 0.15) is 41.7 Å². The van der Waals surface area contributed by atoms with Crippen LogP contribution >= 0.6 is 15.9 Å². The highest BCUT2D eigenvalue weighted by molar-refractivity contribution is 9.10. The standard InChI is InChI=1S/C22H28BrN3O/c23-18-6-8-19(9-7-18)25-16-14-24(15-17-25)11-1-2-12-26-13-10-20-21(26)4-3-5-22(20)27/h6-10,13H,1-5,11-12,14-17H2. The number of unbranched alkanes of at least 4 members (excludes halogenated alkanes) is 1. The lowest BCUT2D eigenvalue weighted by molar-refractivity contribution is 0.0971. The minimum absolute atomic E-state index is 0.332. The molecule has 1 aromatic carbocycles. The second-order valence-corrected chi connectivity index (χ2v) is 8.57. The Morgan fingerprint density at radius 2 is 1.63 bits per heavy atom. The number of aromatic nitrogens is 1. The minimum atomic E-state index is 0.332. The van der Waals surface area contributed by atoms with E-state index in [4.69, 9.17) is 0 Å². The Kier molecular flexibility index (Phi) is 5.98. The lowest BCUT2D eigenvalue weighted by Crippen LogP contribution is -2.46. The normalized spacial score (nSPS) is 18.0. The molecule has 2 aliphatic rings. The van der Waals surface area contributed by atoms with Crippen LogP contribution < -0.4 is 4.90 Å². The molecule has 5 heteroatoms. The smallest absolute Gasteiger partial charge is 0.164 e. The Labute approximate surface area is 170 Å². The van der Waals surface area contributed by atoms with Gasteiger partial charge in [-0.2, -0.15) is 0 Å². The number of halogens is 1. The van der Waals surface area contributed by atoms with Gasteiger partial charge in [0.05, 0.1) is 0 Å². The van der Waals surface area contributed by atoms with E-state index >= 15 is 0 Å². The number of nitrogens with zero attached hydrogens (tertiary/aromatic N) is 3. The van der Waals surface area contributed by atoms with Crippen molar-refractivity contribution in [2.75, 3.05) is 37.6 Å². The Balaban J connectivity index is 1.19. The summed E-state index contributed by atoms with van der Waals surface area (Å²) in [6.45, 7) is 6.72.